The largest absolute Gasteiger partial charge is 0.481 e. The highest BCUT2D eigenvalue weighted by molar-refractivity contribution is 9.10. The Bertz CT molecular complexity index is 900. The summed E-state index contributed by atoms with van der Waals surface area (Å²) in [5, 5.41) is 16.7. The lowest BCUT2D eigenvalue weighted by atomic mass is 9.85. The molecule has 0 fully saturated rings. The molecule has 2 rings (SSSR count). The van der Waals surface area contributed by atoms with Crippen molar-refractivity contribution in [1.82, 2.24) is 9.78 Å². The normalized spacial score (nSPS) is 12.5. The zero-order chi connectivity index (χ0) is 21.2. The highest BCUT2D eigenvalue weighted by Gasteiger charge is 2.29. The number of aliphatic carboxylic acids is 1. The van der Waals surface area contributed by atoms with Gasteiger partial charge in [-0.2, -0.15) is 5.10 Å². The number of benzene rings is 1. The molecule has 1 atom stereocenters. The predicted octanol–water partition coefficient (Wildman–Crippen LogP) is 4.75. The molecule has 0 spiro atoms. The highest BCUT2D eigenvalue weighted by atomic mass is 79.9. The van der Waals surface area contributed by atoms with Gasteiger partial charge in [-0.3, -0.25) is 14.8 Å². The SMILES string of the molecule is Cc1cc(Br)ccc1C(CC(=O)O)c1c(C)nn(C)c1NC(=O)OC(C)(C)C. The first-order valence-electron chi connectivity index (χ1n) is 8.90. The number of aryl methyl sites for hydroxylation is 3. The number of nitrogens with zero attached hydrogens (tertiary/aromatic N) is 2. The number of amides is 1. The Balaban J connectivity index is 2.54. The lowest BCUT2D eigenvalue weighted by Crippen LogP contribution is -2.28. The summed E-state index contributed by atoms with van der Waals surface area (Å²) in [4.78, 5) is 24.0. The first-order chi connectivity index (χ1) is 12.9. The Kier molecular flexibility index (Phi) is 6.54. The van der Waals surface area contributed by atoms with Crippen molar-refractivity contribution in [3.8, 4) is 0 Å². The standard InChI is InChI=1S/C20H26BrN3O4/c1-11-9-13(21)7-8-14(11)15(10-16(25)26)17-12(2)23-24(6)18(17)22-19(27)28-20(3,4)5/h7-9,15H,10H2,1-6H3,(H,22,27)(H,25,26). The number of hydrogen-bond acceptors (Lipinski definition) is 4. The van der Waals surface area contributed by atoms with Crippen molar-refractivity contribution >= 4 is 33.8 Å². The van der Waals surface area contributed by atoms with Gasteiger partial charge < -0.3 is 9.84 Å². The van der Waals surface area contributed by atoms with Gasteiger partial charge in [0.15, 0.2) is 0 Å². The minimum absolute atomic E-state index is 0.127. The Morgan fingerprint density at radius 2 is 1.96 bits per heavy atom. The lowest BCUT2D eigenvalue weighted by Gasteiger charge is -2.22. The molecule has 0 saturated carbocycles. The van der Waals surface area contributed by atoms with Gasteiger partial charge in [-0.1, -0.05) is 22.0 Å². The second-order valence-electron chi connectivity index (χ2n) is 7.75. The second kappa shape index (κ2) is 8.34. The number of ether oxygens (including phenoxy) is 1. The van der Waals surface area contributed by atoms with Gasteiger partial charge in [0.2, 0.25) is 0 Å². The number of carboxylic acid groups (broad SMARTS) is 1. The molecule has 0 aliphatic rings. The molecule has 0 bridgehead atoms. The van der Waals surface area contributed by atoms with Gasteiger partial charge in [0.25, 0.3) is 0 Å². The van der Waals surface area contributed by atoms with E-state index in [0.29, 0.717) is 17.1 Å². The van der Waals surface area contributed by atoms with Gasteiger partial charge in [0.05, 0.1) is 12.1 Å². The molecule has 0 radical (unpaired) electrons. The number of halogens is 1. The van der Waals surface area contributed by atoms with Gasteiger partial charge in [0, 0.05) is 23.0 Å². The van der Waals surface area contributed by atoms with Crippen LogP contribution >= 0.6 is 15.9 Å². The van der Waals surface area contributed by atoms with Crippen molar-refractivity contribution in [3.05, 3.63) is 45.1 Å². The first-order valence-corrected chi connectivity index (χ1v) is 9.69. The van der Waals surface area contributed by atoms with Crippen molar-refractivity contribution < 1.29 is 19.4 Å². The predicted molar refractivity (Wildman–Crippen MR) is 111 cm³/mol. The molecule has 1 aromatic carbocycles. The molecular weight excluding hydrogens is 426 g/mol. The third-order valence-corrected chi connectivity index (χ3v) is 4.72. The summed E-state index contributed by atoms with van der Waals surface area (Å²) < 4.78 is 7.81. The minimum atomic E-state index is -0.932. The van der Waals surface area contributed by atoms with Crippen LogP contribution in [-0.4, -0.2) is 32.6 Å². The molecule has 8 heteroatoms. The van der Waals surface area contributed by atoms with E-state index in [4.69, 9.17) is 4.74 Å². The zero-order valence-corrected chi connectivity index (χ0v) is 18.5. The molecule has 1 unspecified atom stereocenters. The Hall–Kier alpha value is -2.35. The summed E-state index contributed by atoms with van der Waals surface area (Å²) in [5.41, 5.74) is 2.49. The van der Waals surface area contributed by atoms with Crippen molar-refractivity contribution in [1.29, 1.82) is 0 Å². The molecule has 0 saturated heterocycles. The number of nitrogens with one attached hydrogen (secondary N) is 1. The average molecular weight is 452 g/mol. The molecule has 2 N–H and O–H groups in total. The molecule has 1 aromatic heterocycles. The first kappa shape index (κ1) is 21.9. The van der Waals surface area contributed by atoms with E-state index in [1.165, 1.54) is 4.68 Å². The topological polar surface area (TPSA) is 93.5 Å². The maximum absolute atomic E-state index is 12.3. The number of hydrogen-bond donors (Lipinski definition) is 2. The van der Waals surface area contributed by atoms with Gasteiger partial charge in [-0.25, -0.2) is 4.79 Å². The van der Waals surface area contributed by atoms with Crippen LogP contribution in [0.2, 0.25) is 0 Å². The van der Waals surface area contributed by atoms with Crippen LogP contribution < -0.4 is 5.32 Å². The molecule has 152 valence electrons. The summed E-state index contributed by atoms with van der Waals surface area (Å²) >= 11 is 3.44. The number of carbonyl (C=O) groups excluding carboxylic acids is 1. The number of aromatic nitrogens is 2. The third kappa shape index (κ3) is 5.34. The van der Waals surface area contributed by atoms with E-state index < -0.39 is 23.6 Å². The lowest BCUT2D eigenvalue weighted by molar-refractivity contribution is -0.137. The van der Waals surface area contributed by atoms with Crippen LogP contribution in [0.4, 0.5) is 10.6 Å². The highest BCUT2D eigenvalue weighted by Crippen LogP contribution is 2.37. The average Bonchev–Trinajstić information content (AvgIpc) is 2.77. The minimum Gasteiger partial charge on any atom is -0.481 e. The molecular formula is C20H26BrN3O4. The maximum Gasteiger partial charge on any atom is 0.413 e. The van der Waals surface area contributed by atoms with Gasteiger partial charge in [0.1, 0.15) is 11.4 Å². The number of rotatable bonds is 5. The number of anilines is 1. The van der Waals surface area contributed by atoms with Crippen molar-refractivity contribution in [3.63, 3.8) is 0 Å². The van der Waals surface area contributed by atoms with Crippen LogP contribution in [0.25, 0.3) is 0 Å². The van der Waals surface area contributed by atoms with Gasteiger partial charge >= 0.3 is 12.1 Å². The van der Waals surface area contributed by atoms with E-state index in [9.17, 15) is 14.7 Å². The molecule has 1 heterocycles. The molecule has 28 heavy (non-hydrogen) atoms. The van der Waals surface area contributed by atoms with Crippen LogP contribution in [0.15, 0.2) is 22.7 Å². The fourth-order valence-electron chi connectivity index (χ4n) is 3.21. The van der Waals surface area contributed by atoms with E-state index in [1.54, 1.807) is 34.7 Å². The van der Waals surface area contributed by atoms with E-state index >= 15 is 0 Å². The van der Waals surface area contributed by atoms with Crippen molar-refractivity contribution in [2.45, 2.75) is 52.6 Å². The summed E-state index contributed by atoms with van der Waals surface area (Å²) in [6, 6.07) is 5.72. The number of carbonyl (C=O) groups is 2. The Labute approximate surface area is 173 Å². The summed E-state index contributed by atoms with van der Waals surface area (Å²) in [6.07, 6.45) is -0.740. The molecule has 7 nitrogen and oxygen atoms in total. The van der Waals surface area contributed by atoms with Crippen LogP contribution in [-0.2, 0) is 16.6 Å². The molecule has 0 aliphatic carbocycles. The van der Waals surface area contributed by atoms with E-state index in [-0.39, 0.29) is 6.42 Å². The monoisotopic (exact) mass is 451 g/mol. The molecule has 1 amide bonds. The van der Waals surface area contributed by atoms with Crippen LogP contribution in [0.5, 0.6) is 0 Å². The quantitative estimate of drug-likeness (QED) is 0.683. The fraction of sp³-hybridized carbons (Fsp3) is 0.450. The molecule has 2 aromatic rings. The van der Waals surface area contributed by atoms with Crippen molar-refractivity contribution in [2.75, 3.05) is 5.32 Å². The van der Waals surface area contributed by atoms with E-state index in [0.717, 1.165) is 15.6 Å². The van der Waals surface area contributed by atoms with E-state index in [1.807, 2.05) is 25.1 Å². The fourth-order valence-corrected chi connectivity index (χ4v) is 3.69. The van der Waals surface area contributed by atoms with Gasteiger partial charge in [-0.15, -0.1) is 0 Å². The smallest absolute Gasteiger partial charge is 0.413 e. The Morgan fingerprint density at radius 1 is 1.32 bits per heavy atom. The van der Waals surface area contributed by atoms with E-state index in [2.05, 4.69) is 26.3 Å². The summed E-state index contributed by atoms with van der Waals surface area (Å²) in [5.74, 6) is -0.969. The Morgan fingerprint density at radius 3 is 2.50 bits per heavy atom. The second-order valence-corrected chi connectivity index (χ2v) is 8.67. The maximum atomic E-state index is 12.3. The number of carboxylic acids is 1. The van der Waals surface area contributed by atoms with Crippen molar-refractivity contribution in [2.24, 2.45) is 7.05 Å². The van der Waals surface area contributed by atoms with Crippen LogP contribution in [0.3, 0.4) is 0 Å². The summed E-state index contributed by atoms with van der Waals surface area (Å²) in [6.45, 7) is 9.07. The zero-order valence-electron chi connectivity index (χ0n) is 17.0. The third-order valence-electron chi connectivity index (χ3n) is 4.22. The summed E-state index contributed by atoms with van der Waals surface area (Å²) in [7, 11) is 1.70. The molecule has 0 aliphatic heterocycles. The van der Waals surface area contributed by atoms with Gasteiger partial charge in [-0.05, 0) is 57.9 Å². The van der Waals surface area contributed by atoms with Crippen LogP contribution in [0, 0.1) is 13.8 Å². The van der Waals surface area contributed by atoms with Crippen LogP contribution in [0.1, 0.15) is 55.5 Å².